The minimum absolute atomic E-state index is 0.0458. The van der Waals surface area contributed by atoms with Gasteiger partial charge < -0.3 is 4.74 Å². The number of aromatic nitrogens is 1. The van der Waals surface area contributed by atoms with E-state index in [1.54, 1.807) is 18.5 Å². The van der Waals surface area contributed by atoms with Crippen molar-refractivity contribution < 1.29 is 21.6 Å². The summed E-state index contributed by atoms with van der Waals surface area (Å²) in [6.07, 6.45) is 5.20. The molecule has 1 aromatic heterocycles. The van der Waals surface area contributed by atoms with E-state index in [0.717, 1.165) is 12.0 Å². The van der Waals surface area contributed by atoms with Gasteiger partial charge in [0.1, 0.15) is 10.6 Å². The van der Waals surface area contributed by atoms with Crippen LogP contribution in [0.1, 0.15) is 18.4 Å². The lowest BCUT2D eigenvalue weighted by Crippen LogP contribution is -2.38. The number of rotatable bonds is 7. The molecule has 29 heavy (non-hydrogen) atoms. The summed E-state index contributed by atoms with van der Waals surface area (Å²) in [5.41, 5.74) is 1.31. The van der Waals surface area contributed by atoms with E-state index in [9.17, 15) is 16.8 Å². The topological polar surface area (TPSA) is 96.9 Å². The lowest BCUT2D eigenvalue weighted by molar-refractivity contribution is 0.398. The molecule has 2 aromatic rings. The van der Waals surface area contributed by atoms with Crippen molar-refractivity contribution in [2.24, 2.45) is 0 Å². The molecule has 3 rings (SSSR count). The highest BCUT2D eigenvalue weighted by Crippen LogP contribution is 2.33. The first-order chi connectivity index (χ1) is 13.8. The molecule has 0 atom stereocenters. The summed E-state index contributed by atoms with van der Waals surface area (Å²) >= 11 is 0. The average molecular weight is 440 g/mol. The second-order valence-corrected chi connectivity index (χ2v) is 10.9. The van der Waals surface area contributed by atoms with E-state index in [-0.39, 0.29) is 22.9 Å². The molecule has 0 unspecified atom stereocenters. The first-order valence-corrected chi connectivity index (χ1v) is 12.3. The molecule has 0 amide bonds. The van der Waals surface area contributed by atoms with Crippen LogP contribution in [0.3, 0.4) is 0 Å². The van der Waals surface area contributed by atoms with E-state index in [2.05, 4.69) is 4.98 Å². The molecule has 0 spiro atoms. The van der Waals surface area contributed by atoms with Crippen molar-refractivity contribution in [3.05, 3.63) is 48.3 Å². The third kappa shape index (κ3) is 4.71. The highest BCUT2D eigenvalue weighted by molar-refractivity contribution is 7.92. The second kappa shape index (κ2) is 8.68. The number of anilines is 1. The van der Waals surface area contributed by atoms with Crippen molar-refractivity contribution in [2.45, 2.75) is 24.2 Å². The Morgan fingerprint density at radius 1 is 1.17 bits per heavy atom. The van der Waals surface area contributed by atoms with Crippen LogP contribution in [0.25, 0.3) is 0 Å². The van der Waals surface area contributed by atoms with E-state index in [1.165, 1.54) is 34.9 Å². The van der Waals surface area contributed by atoms with E-state index in [0.29, 0.717) is 25.1 Å². The molecule has 1 aliphatic heterocycles. The molecule has 0 aliphatic carbocycles. The number of nitrogens with zero attached hydrogens (tertiary/aromatic N) is 3. The number of hydrogen-bond acceptors (Lipinski definition) is 6. The van der Waals surface area contributed by atoms with Crippen molar-refractivity contribution in [1.29, 1.82) is 0 Å². The SMILES string of the molecule is COc1ccc(N2CCCCS2(=O)=O)cc1S(=O)(=O)N(C)CCc1ccncc1. The predicted octanol–water partition coefficient (Wildman–Crippen LogP) is 1.88. The van der Waals surface area contributed by atoms with Gasteiger partial charge >= 0.3 is 0 Å². The highest BCUT2D eigenvalue weighted by Gasteiger charge is 2.30. The maximum Gasteiger partial charge on any atom is 0.246 e. The monoisotopic (exact) mass is 439 g/mol. The molecule has 0 saturated carbocycles. The standard InChI is InChI=1S/C19H25N3O5S2/c1-21(13-9-16-7-10-20-11-8-16)29(25,26)19-15-17(5-6-18(19)27-2)22-12-3-4-14-28(22,23)24/h5-8,10-11,15H,3-4,9,12-14H2,1-2H3. The maximum absolute atomic E-state index is 13.2. The second-order valence-electron chi connectivity index (χ2n) is 6.86. The molecular weight excluding hydrogens is 414 g/mol. The minimum Gasteiger partial charge on any atom is -0.495 e. The molecule has 1 aliphatic rings. The van der Waals surface area contributed by atoms with Gasteiger partial charge in [-0.1, -0.05) is 0 Å². The Kier molecular flexibility index (Phi) is 6.45. The Balaban J connectivity index is 1.90. The molecule has 10 heteroatoms. The fourth-order valence-electron chi connectivity index (χ4n) is 3.23. The summed E-state index contributed by atoms with van der Waals surface area (Å²) in [7, 11) is -4.43. The fourth-order valence-corrected chi connectivity index (χ4v) is 6.20. The van der Waals surface area contributed by atoms with Gasteiger partial charge in [-0.25, -0.2) is 21.1 Å². The van der Waals surface area contributed by atoms with E-state index < -0.39 is 20.0 Å². The number of sulfonamides is 2. The van der Waals surface area contributed by atoms with Crippen molar-refractivity contribution in [2.75, 3.05) is 37.3 Å². The molecule has 1 aromatic carbocycles. The molecule has 0 bridgehead atoms. The van der Waals surface area contributed by atoms with Gasteiger partial charge in [0, 0.05) is 32.5 Å². The molecule has 0 radical (unpaired) electrons. The van der Waals surface area contributed by atoms with Gasteiger partial charge in [-0.15, -0.1) is 0 Å². The first kappa shape index (κ1) is 21.5. The van der Waals surface area contributed by atoms with Crippen molar-refractivity contribution in [1.82, 2.24) is 9.29 Å². The van der Waals surface area contributed by atoms with E-state index >= 15 is 0 Å². The number of ether oxygens (including phenoxy) is 1. The highest BCUT2D eigenvalue weighted by atomic mass is 32.2. The van der Waals surface area contributed by atoms with Crippen molar-refractivity contribution in [3.8, 4) is 5.75 Å². The molecular formula is C19H25N3O5S2. The minimum atomic E-state index is -3.88. The predicted molar refractivity (Wildman–Crippen MR) is 111 cm³/mol. The van der Waals surface area contributed by atoms with Crippen LogP contribution >= 0.6 is 0 Å². The van der Waals surface area contributed by atoms with E-state index in [4.69, 9.17) is 4.74 Å². The zero-order chi connectivity index (χ0) is 21.1. The molecule has 158 valence electrons. The quantitative estimate of drug-likeness (QED) is 0.654. The van der Waals surface area contributed by atoms with Gasteiger partial charge in [0.15, 0.2) is 0 Å². The number of likely N-dealkylation sites (N-methyl/N-ethyl adjacent to an activating group) is 1. The summed E-state index contributed by atoms with van der Waals surface area (Å²) < 4.78 is 59.0. The maximum atomic E-state index is 13.2. The molecule has 2 heterocycles. The third-order valence-electron chi connectivity index (χ3n) is 4.94. The normalized spacial score (nSPS) is 16.7. The fraction of sp³-hybridized carbons (Fsp3) is 0.421. The zero-order valence-electron chi connectivity index (χ0n) is 16.5. The van der Waals surface area contributed by atoms with E-state index in [1.807, 2.05) is 12.1 Å². The molecule has 8 nitrogen and oxygen atoms in total. The van der Waals surface area contributed by atoms with Gasteiger partial charge in [-0.2, -0.15) is 0 Å². The number of hydrogen-bond donors (Lipinski definition) is 0. The molecule has 1 fully saturated rings. The smallest absolute Gasteiger partial charge is 0.246 e. The van der Waals surface area contributed by atoms with Crippen LogP contribution in [0.4, 0.5) is 5.69 Å². The van der Waals surface area contributed by atoms with Crippen LogP contribution < -0.4 is 9.04 Å². The largest absolute Gasteiger partial charge is 0.495 e. The van der Waals surface area contributed by atoms with Gasteiger partial charge in [0.25, 0.3) is 0 Å². The van der Waals surface area contributed by atoms with Gasteiger partial charge in [-0.3, -0.25) is 9.29 Å². The number of methoxy groups -OCH3 is 1. The summed E-state index contributed by atoms with van der Waals surface area (Å²) in [6.45, 7) is 0.605. The summed E-state index contributed by atoms with van der Waals surface area (Å²) in [5, 5.41) is 0. The Hall–Kier alpha value is -2.17. The van der Waals surface area contributed by atoms with Gasteiger partial charge in [-0.05, 0) is 55.2 Å². The Bertz CT molecular complexity index is 1060. The van der Waals surface area contributed by atoms with Crippen molar-refractivity contribution in [3.63, 3.8) is 0 Å². The number of benzene rings is 1. The first-order valence-electron chi connectivity index (χ1n) is 9.29. The van der Waals surface area contributed by atoms with Crippen LogP contribution in [-0.2, 0) is 26.5 Å². The van der Waals surface area contributed by atoms with Crippen molar-refractivity contribution >= 4 is 25.7 Å². The van der Waals surface area contributed by atoms with Crippen LogP contribution in [0.5, 0.6) is 5.75 Å². The van der Waals surface area contributed by atoms with Gasteiger partial charge in [0.2, 0.25) is 20.0 Å². The van der Waals surface area contributed by atoms with Crippen LogP contribution in [0.2, 0.25) is 0 Å². The lowest BCUT2D eigenvalue weighted by Gasteiger charge is -2.29. The Morgan fingerprint density at radius 3 is 2.55 bits per heavy atom. The Labute approximate surface area is 172 Å². The summed E-state index contributed by atoms with van der Waals surface area (Å²) in [5.74, 6) is 0.242. The number of pyridine rings is 1. The lowest BCUT2D eigenvalue weighted by atomic mass is 10.2. The molecule has 1 saturated heterocycles. The van der Waals surface area contributed by atoms with Gasteiger partial charge in [0.05, 0.1) is 18.6 Å². The Morgan fingerprint density at radius 2 is 1.90 bits per heavy atom. The third-order valence-corrected chi connectivity index (χ3v) is 8.69. The summed E-state index contributed by atoms with van der Waals surface area (Å²) in [4.78, 5) is 3.91. The van der Waals surface area contributed by atoms with Crippen LogP contribution in [0, 0.1) is 0 Å². The van der Waals surface area contributed by atoms with Crippen LogP contribution in [-0.4, -0.2) is 59.1 Å². The average Bonchev–Trinajstić information content (AvgIpc) is 2.72. The molecule has 0 N–H and O–H groups in total. The zero-order valence-corrected chi connectivity index (χ0v) is 18.1. The summed E-state index contributed by atoms with van der Waals surface area (Å²) in [6, 6.07) is 8.15. The van der Waals surface area contributed by atoms with Crippen LogP contribution in [0.15, 0.2) is 47.6 Å².